The van der Waals surface area contributed by atoms with Gasteiger partial charge in [0.2, 0.25) is 0 Å². The van der Waals surface area contributed by atoms with E-state index in [0.717, 1.165) is 5.69 Å². The van der Waals surface area contributed by atoms with E-state index in [2.05, 4.69) is 16.8 Å². The van der Waals surface area contributed by atoms with Gasteiger partial charge in [0.25, 0.3) is 0 Å². The topological polar surface area (TPSA) is 43.8 Å². The van der Waals surface area contributed by atoms with E-state index in [1.165, 1.54) is 0 Å². The fourth-order valence-electron chi connectivity index (χ4n) is 1.04. The lowest BCUT2D eigenvalue weighted by Gasteiger charge is -2.07. The maximum atomic E-state index is 5.86. The van der Waals surface area contributed by atoms with Gasteiger partial charge in [0, 0.05) is 19.7 Å². The Morgan fingerprint density at radius 2 is 2.50 bits per heavy atom. The molecular formula is C9H13N3. The third-order valence-electron chi connectivity index (χ3n) is 1.73. The number of rotatable bonds is 2. The van der Waals surface area contributed by atoms with E-state index in [1.54, 1.807) is 12.5 Å². The molecule has 0 aliphatic rings. The first kappa shape index (κ1) is 8.82. The van der Waals surface area contributed by atoms with Gasteiger partial charge in [-0.25, -0.2) is 4.98 Å². The van der Waals surface area contributed by atoms with E-state index in [9.17, 15) is 0 Å². The normalized spacial score (nSPS) is 11.9. The van der Waals surface area contributed by atoms with Crippen LogP contribution in [0.2, 0.25) is 0 Å². The Morgan fingerprint density at radius 1 is 1.75 bits per heavy atom. The minimum absolute atomic E-state index is 0.0232. The molecule has 0 fully saturated rings. The third-order valence-corrected chi connectivity index (χ3v) is 1.73. The molecule has 1 atom stereocenters. The predicted octanol–water partition coefficient (Wildman–Crippen LogP) is 0.833. The molecule has 1 aromatic heterocycles. The molecule has 0 radical (unpaired) electrons. The fraction of sp³-hybridized carbons (Fsp3) is 0.444. The number of aryl methyl sites for hydroxylation is 1. The number of nitrogens with zero attached hydrogens (tertiary/aromatic N) is 2. The van der Waals surface area contributed by atoms with Crippen molar-refractivity contribution in [2.24, 2.45) is 12.8 Å². The summed E-state index contributed by atoms with van der Waals surface area (Å²) in [6, 6.07) is -0.0232. The molecule has 2 N–H and O–H groups in total. The molecule has 1 unspecified atom stereocenters. The van der Waals surface area contributed by atoms with Crippen LogP contribution in [0.4, 0.5) is 0 Å². The van der Waals surface area contributed by atoms with Crippen molar-refractivity contribution in [2.45, 2.75) is 19.4 Å². The molecule has 1 heterocycles. The Balaban J connectivity index is 2.68. The van der Waals surface area contributed by atoms with E-state index in [1.807, 2.05) is 18.5 Å². The van der Waals surface area contributed by atoms with E-state index in [4.69, 9.17) is 5.73 Å². The van der Waals surface area contributed by atoms with Gasteiger partial charge in [-0.2, -0.15) is 0 Å². The molecule has 0 saturated carbocycles. The molecule has 12 heavy (non-hydrogen) atoms. The Bertz CT molecular complexity index is 303. The summed E-state index contributed by atoms with van der Waals surface area (Å²) >= 11 is 0. The summed E-state index contributed by atoms with van der Waals surface area (Å²) in [6.45, 7) is 1.82. The summed E-state index contributed by atoms with van der Waals surface area (Å²) in [5, 5.41) is 0. The smallest absolute Gasteiger partial charge is 0.0946 e. The van der Waals surface area contributed by atoms with Crippen LogP contribution in [0.1, 0.15) is 25.1 Å². The largest absolute Gasteiger partial charge is 0.336 e. The van der Waals surface area contributed by atoms with Crippen molar-refractivity contribution in [2.75, 3.05) is 0 Å². The maximum absolute atomic E-state index is 5.86. The minimum Gasteiger partial charge on any atom is -0.336 e. The number of aromatic nitrogens is 2. The monoisotopic (exact) mass is 163 g/mol. The lowest BCUT2D eigenvalue weighted by Crippen LogP contribution is -2.12. The van der Waals surface area contributed by atoms with E-state index in [0.29, 0.717) is 6.42 Å². The average Bonchev–Trinajstić information content (AvgIpc) is 2.47. The molecular weight excluding hydrogens is 150 g/mol. The van der Waals surface area contributed by atoms with Crippen molar-refractivity contribution in [1.29, 1.82) is 0 Å². The highest BCUT2D eigenvalue weighted by Gasteiger charge is 2.07. The Labute approximate surface area is 72.6 Å². The zero-order valence-electron chi connectivity index (χ0n) is 7.41. The lowest BCUT2D eigenvalue weighted by molar-refractivity contribution is 0.676. The molecule has 1 aromatic rings. The molecule has 0 spiro atoms. The second-order valence-corrected chi connectivity index (χ2v) is 2.67. The second kappa shape index (κ2) is 3.93. The second-order valence-electron chi connectivity index (χ2n) is 2.67. The first-order chi connectivity index (χ1) is 5.75. The summed E-state index contributed by atoms with van der Waals surface area (Å²) in [5.41, 5.74) is 6.89. The number of imidazole rings is 1. The van der Waals surface area contributed by atoms with Gasteiger partial charge in [-0.3, -0.25) is 0 Å². The standard InChI is InChI=1S/C9H13N3/c1-3-4-5-8(10)9-6-11-7-12(9)2/h6-8H,5,10H2,1-2H3. The molecule has 1 rings (SSSR count). The van der Waals surface area contributed by atoms with Crippen molar-refractivity contribution >= 4 is 0 Å². The summed E-state index contributed by atoms with van der Waals surface area (Å²) in [7, 11) is 1.93. The molecule has 64 valence electrons. The van der Waals surface area contributed by atoms with Crippen molar-refractivity contribution < 1.29 is 0 Å². The van der Waals surface area contributed by atoms with Gasteiger partial charge in [-0.05, 0) is 6.92 Å². The van der Waals surface area contributed by atoms with Crippen LogP contribution in [0.5, 0.6) is 0 Å². The van der Waals surface area contributed by atoms with E-state index in [-0.39, 0.29) is 6.04 Å². The molecule has 3 heteroatoms. The van der Waals surface area contributed by atoms with Crippen molar-refractivity contribution in [1.82, 2.24) is 9.55 Å². The first-order valence-corrected chi connectivity index (χ1v) is 3.87. The first-order valence-electron chi connectivity index (χ1n) is 3.87. The van der Waals surface area contributed by atoms with Gasteiger partial charge in [-0.15, -0.1) is 11.8 Å². The van der Waals surface area contributed by atoms with Crippen LogP contribution in [0.25, 0.3) is 0 Å². The Morgan fingerprint density at radius 3 is 3.00 bits per heavy atom. The van der Waals surface area contributed by atoms with Crippen LogP contribution in [-0.2, 0) is 7.05 Å². The van der Waals surface area contributed by atoms with E-state index >= 15 is 0 Å². The average molecular weight is 163 g/mol. The SMILES string of the molecule is CC#CCC(N)c1cncn1C. The molecule has 0 aliphatic heterocycles. The van der Waals surface area contributed by atoms with Crippen LogP contribution in [0.15, 0.2) is 12.5 Å². The number of nitrogens with two attached hydrogens (primary N) is 1. The third kappa shape index (κ3) is 1.86. The summed E-state index contributed by atoms with van der Waals surface area (Å²) < 4.78 is 1.92. The molecule has 0 saturated heterocycles. The Hall–Kier alpha value is -1.27. The zero-order valence-corrected chi connectivity index (χ0v) is 7.41. The predicted molar refractivity (Wildman–Crippen MR) is 48.2 cm³/mol. The minimum atomic E-state index is -0.0232. The van der Waals surface area contributed by atoms with Gasteiger partial charge in [0.15, 0.2) is 0 Å². The van der Waals surface area contributed by atoms with Crippen LogP contribution in [0, 0.1) is 11.8 Å². The highest BCUT2D eigenvalue weighted by molar-refractivity contribution is 5.09. The van der Waals surface area contributed by atoms with Gasteiger partial charge < -0.3 is 10.3 Å². The molecule has 0 aromatic carbocycles. The van der Waals surface area contributed by atoms with Crippen molar-refractivity contribution in [3.8, 4) is 11.8 Å². The quantitative estimate of drug-likeness (QED) is 0.656. The van der Waals surface area contributed by atoms with E-state index < -0.39 is 0 Å². The molecule has 0 aliphatic carbocycles. The van der Waals surface area contributed by atoms with Crippen LogP contribution < -0.4 is 5.73 Å². The highest BCUT2D eigenvalue weighted by atomic mass is 15.0. The zero-order chi connectivity index (χ0) is 8.97. The van der Waals surface area contributed by atoms with Gasteiger partial charge >= 0.3 is 0 Å². The molecule has 0 amide bonds. The lowest BCUT2D eigenvalue weighted by atomic mass is 10.2. The Kier molecular flexibility index (Phi) is 2.89. The van der Waals surface area contributed by atoms with Crippen molar-refractivity contribution in [3.05, 3.63) is 18.2 Å². The number of hydrogen-bond acceptors (Lipinski definition) is 2. The van der Waals surface area contributed by atoms with Crippen LogP contribution in [0.3, 0.4) is 0 Å². The van der Waals surface area contributed by atoms with Gasteiger partial charge in [0.1, 0.15) is 0 Å². The molecule has 3 nitrogen and oxygen atoms in total. The highest BCUT2D eigenvalue weighted by Crippen LogP contribution is 2.10. The number of hydrogen-bond donors (Lipinski definition) is 1. The van der Waals surface area contributed by atoms with Crippen LogP contribution in [-0.4, -0.2) is 9.55 Å². The summed E-state index contributed by atoms with van der Waals surface area (Å²) in [6.07, 6.45) is 4.21. The summed E-state index contributed by atoms with van der Waals surface area (Å²) in [4.78, 5) is 3.99. The summed E-state index contributed by atoms with van der Waals surface area (Å²) in [5.74, 6) is 5.77. The van der Waals surface area contributed by atoms with Gasteiger partial charge in [-0.1, -0.05) is 0 Å². The molecule has 0 bridgehead atoms. The van der Waals surface area contributed by atoms with Gasteiger partial charge in [0.05, 0.1) is 18.1 Å². The van der Waals surface area contributed by atoms with Crippen molar-refractivity contribution in [3.63, 3.8) is 0 Å². The fourth-order valence-corrected chi connectivity index (χ4v) is 1.04. The maximum Gasteiger partial charge on any atom is 0.0946 e. The van der Waals surface area contributed by atoms with Crippen LogP contribution >= 0.6 is 0 Å².